The highest BCUT2D eigenvalue weighted by atomic mass is 35.5. The Morgan fingerprint density at radius 2 is 2.08 bits per heavy atom. The molecule has 0 aliphatic rings. The number of alkyl halides is 1. The average molecular weight is 215 g/mol. The normalized spacial score (nSPS) is 11.8. The molecule has 0 nitrogen and oxygen atoms in total. The SMILES string of the molecule is C/C(=C\CCl)Cc1ccccc1Cl. The highest BCUT2D eigenvalue weighted by Gasteiger charge is 1.98. The van der Waals surface area contributed by atoms with Gasteiger partial charge in [0.05, 0.1) is 0 Å². The van der Waals surface area contributed by atoms with Gasteiger partial charge in [0.15, 0.2) is 0 Å². The zero-order valence-corrected chi connectivity index (χ0v) is 9.07. The molecule has 0 radical (unpaired) electrons. The molecule has 0 atom stereocenters. The first kappa shape index (κ1) is 10.6. The van der Waals surface area contributed by atoms with Crippen molar-refractivity contribution < 1.29 is 0 Å². The summed E-state index contributed by atoms with van der Waals surface area (Å²) in [5.74, 6) is 0.566. The van der Waals surface area contributed by atoms with Crippen LogP contribution in [-0.4, -0.2) is 5.88 Å². The van der Waals surface area contributed by atoms with Gasteiger partial charge in [-0.2, -0.15) is 0 Å². The lowest BCUT2D eigenvalue weighted by Gasteiger charge is -2.03. The molecule has 1 aromatic rings. The Balaban J connectivity index is 2.74. The minimum absolute atomic E-state index is 0.566. The molecule has 70 valence electrons. The number of halogens is 2. The Kier molecular flexibility index (Phi) is 4.34. The van der Waals surface area contributed by atoms with Crippen LogP contribution in [0.5, 0.6) is 0 Å². The van der Waals surface area contributed by atoms with E-state index in [0.717, 1.165) is 17.0 Å². The van der Waals surface area contributed by atoms with Crippen molar-refractivity contribution in [3.63, 3.8) is 0 Å². The Hall–Kier alpha value is -0.460. The zero-order chi connectivity index (χ0) is 9.68. The van der Waals surface area contributed by atoms with E-state index >= 15 is 0 Å². The molecule has 13 heavy (non-hydrogen) atoms. The first-order valence-electron chi connectivity index (χ1n) is 4.19. The van der Waals surface area contributed by atoms with Crippen LogP contribution in [0, 0.1) is 0 Å². The Labute approximate surface area is 89.2 Å². The number of hydrogen-bond donors (Lipinski definition) is 0. The number of rotatable bonds is 3. The fourth-order valence-electron chi connectivity index (χ4n) is 1.15. The molecular weight excluding hydrogens is 203 g/mol. The second-order valence-corrected chi connectivity index (χ2v) is 3.69. The average Bonchev–Trinajstić information content (AvgIpc) is 2.09. The third-order valence-corrected chi connectivity index (χ3v) is 2.38. The van der Waals surface area contributed by atoms with E-state index in [9.17, 15) is 0 Å². The molecule has 0 fully saturated rings. The summed E-state index contributed by atoms with van der Waals surface area (Å²) in [5.41, 5.74) is 2.41. The lowest BCUT2D eigenvalue weighted by atomic mass is 10.1. The van der Waals surface area contributed by atoms with Crippen molar-refractivity contribution in [2.24, 2.45) is 0 Å². The van der Waals surface area contributed by atoms with E-state index in [1.165, 1.54) is 5.57 Å². The van der Waals surface area contributed by atoms with Crippen molar-refractivity contribution in [1.29, 1.82) is 0 Å². The fourth-order valence-corrected chi connectivity index (χ4v) is 1.61. The number of allylic oxidation sites excluding steroid dienone is 2. The predicted octanol–water partition coefficient (Wildman–Crippen LogP) is 4.07. The minimum Gasteiger partial charge on any atom is -0.122 e. The van der Waals surface area contributed by atoms with E-state index in [2.05, 4.69) is 6.92 Å². The molecule has 0 saturated heterocycles. The zero-order valence-electron chi connectivity index (χ0n) is 7.56. The molecule has 0 unspecified atom stereocenters. The Bertz CT molecular complexity index is 303. The van der Waals surface area contributed by atoms with Crippen molar-refractivity contribution in [2.75, 3.05) is 5.88 Å². The third-order valence-electron chi connectivity index (χ3n) is 1.85. The van der Waals surface area contributed by atoms with Gasteiger partial charge in [-0.3, -0.25) is 0 Å². The maximum Gasteiger partial charge on any atom is 0.0441 e. The van der Waals surface area contributed by atoms with Crippen LogP contribution in [-0.2, 0) is 6.42 Å². The van der Waals surface area contributed by atoms with E-state index in [1.807, 2.05) is 30.3 Å². The first-order chi connectivity index (χ1) is 6.24. The van der Waals surface area contributed by atoms with Crippen molar-refractivity contribution in [3.05, 3.63) is 46.5 Å². The summed E-state index contributed by atoms with van der Waals surface area (Å²) in [4.78, 5) is 0. The van der Waals surface area contributed by atoms with Crippen LogP contribution >= 0.6 is 23.2 Å². The molecule has 0 saturated carbocycles. The van der Waals surface area contributed by atoms with E-state index in [1.54, 1.807) is 0 Å². The summed E-state index contributed by atoms with van der Waals surface area (Å²) >= 11 is 11.6. The maximum atomic E-state index is 6.01. The third kappa shape index (κ3) is 3.41. The van der Waals surface area contributed by atoms with E-state index in [-0.39, 0.29) is 0 Å². The Morgan fingerprint density at radius 1 is 1.38 bits per heavy atom. The van der Waals surface area contributed by atoms with Gasteiger partial charge in [-0.15, -0.1) is 11.6 Å². The highest BCUT2D eigenvalue weighted by molar-refractivity contribution is 6.31. The molecule has 0 N–H and O–H groups in total. The van der Waals surface area contributed by atoms with Gasteiger partial charge in [-0.1, -0.05) is 41.4 Å². The van der Waals surface area contributed by atoms with Gasteiger partial charge in [0.25, 0.3) is 0 Å². The van der Waals surface area contributed by atoms with Crippen LogP contribution < -0.4 is 0 Å². The standard InChI is InChI=1S/C11H12Cl2/c1-9(6-7-12)8-10-4-2-3-5-11(10)13/h2-6H,7-8H2,1H3/b9-6+. The van der Waals surface area contributed by atoms with E-state index < -0.39 is 0 Å². The van der Waals surface area contributed by atoms with E-state index in [0.29, 0.717) is 5.88 Å². The van der Waals surface area contributed by atoms with Gasteiger partial charge < -0.3 is 0 Å². The van der Waals surface area contributed by atoms with Crippen LogP contribution in [0.1, 0.15) is 12.5 Å². The summed E-state index contributed by atoms with van der Waals surface area (Å²) in [6.07, 6.45) is 2.89. The summed E-state index contributed by atoms with van der Waals surface area (Å²) in [6.45, 7) is 2.06. The predicted molar refractivity (Wildman–Crippen MR) is 59.6 cm³/mol. The molecule has 2 heteroatoms. The second kappa shape index (κ2) is 5.31. The van der Waals surface area contributed by atoms with Gasteiger partial charge in [0, 0.05) is 10.9 Å². The largest absolute Gasteiger partial charge is 0.122 e. The molecular formula is C11H12Cl2. The summed E-state index contributed by atoms with van der Waals surface area (Å²) in [7, 11) is 0. The van der Waals surface area contributed by atoms with Crippen molar-refractivity contribution in [1.82, 2.24) is 0 Å². The monoisotopic (exact) mass is 214 g/mol. The summed E-state index contributed by atoms with van der Waals surface area (Å²) in [5, 5.41) is 0.824. The minimum atomic E-state index is 0.566. The topological polar surface area (TPSA) is 0 Å². The molecule has 0 amide bonds. The molecule has 0 bridgehead atoms. The van der Waals surface area contributed by atoms with Crippen LogP contribution in [0.3, 0.4) is 0 Å². The summed E-state index contributed by atoms with van der Waals surface area (Å²) < 4.78 is 0. The van der Waals surface area contributed by atoms with Gasteiger partial charge in [-0.25, -0.2) is 0 Å². The first-order valence-corrected chi connectivity index (χ1v) is 5.10. The van der Waals surface area contributed by atoms with Gasteiger partial charge in [-0.05, 0) is 25.0 Å². The van der Waals surface area contributed by atoms with Crippen LogP contribution in [0.4, 0.5) is 0 Å². The van der Waals surface area contributed by atoms with Crippen LogP contribution in [0.2, 0.25) is 5.02 Å². The quantitative estimate of drug-likeness (QED) is 0.526. The number of benzene rings is 1. The van der Waals surface area contributed by atoms with Gasteiger partial charge >= 0.3 is 0 Å². The molecule has 0 aromatic heterocycles. The highest BCUT2D eigenvalue weighted by Crippen LogP contribution is 2.18. The molecule has 1 aromatic carbocycles. The smallest absolute Gasteiger partial charge is 0.0441 e. The molecule has 1 rings (SSSR count). The van der Waals surface area contributed by atoms with Crippen LogP contribution in [0.15, 0.2) is 35.9 Å². The second-order valence-electron chi connectivity index (χ2n) is 2.97. The van der Waals surface area contributed by atoms with Gasteiger partial charge in [0.2, 0.25) is 0 Å². The summed E-state index contributed by atoms with van der Waals surface area (Å²) in [6, 6.07) is 7.88. The fraction of sp³-hybridized carbons (Fsp3) is 0.273. The molecule has 0 spiro atoms. The van der Waals surface area contributed by atoms with Crippen molar-refractivity contribution >= 4 is 23.2 Å². The van der Waals surface area contributed by atoms with E-state index in [4.69, 9.17) is 23.2 Å². The molecule has 0 heterocycles. The van der Waals surface area contributed by atoms with Crippen LogP contribution in [0.25, 0.3) is 0 Å². The van der Waals surface area contributed by atoms with Crippen molar-refractivity contribution in [3.8, 4) is 0 Å². The number of hydrogen-bond acceptors (Lipinski definition) is 0. The Morgan fingerprint density at radius 3 is 2.69 bits per heavy atom. The molecule has 0 aliphatic heterocycles. The van der Waals surface area contributed by atoms with Crippen molar-refractivity contribution in [2.45, 2.75) is 13.3 Å². The lowest BCUT2D eigenvalue weighted by Crippen LogP contribution is -1.88. The maximum absolute atomic E-state index is 6.01. The lowest BCUT2D eigenvalue weighted by molar-refractivity contribution is 1.14. The molecule has 0 aliphatic carbocycles. The van der Waals surface area contributed by atoms with Gasteiger partial charge in [0.1, 0.15) is 0 Å².